The zero-order valence-corrected chi connectivity index (χ0v) is 10.0. The van der Waals surface area contributed by atoms with Gasteiger partial charge in [0, 0.05) is 18.5 Å². The lowest BCUT2D eigenvalue weighted by atomic mass is 9.93. The van der Waals surface area contributed by atoms with Crippen LogP contribution in [0.3, 0.4) is 0 Å². The Hall–Kier alpha value is -0.540. The predicted octanol–water partition coefficient (Wildman–Crippen LogP) is 2.40. The molecule has 2 rings (SSSR count). The second-order valence-electron chi connectivity index (χ2n) is 4.40. The highest BCUT2D eigenvalue weighted by Gasteiger charge is 2.34. The first-order valence-electron chi connectivity index (χ1n) is 5.62. The van der Waals surface area contributed by atoms with Crippen LogP contribution in [0.25, 0.3) is 0 Å². The van der Waals surface area contributed by atoms with Crippen LogP contribution < -0.4 is 5.73 Å². The van der Waals surface area contributed by atoms with Crippen LogP contribution in [0.2, 0.25) is 5.02 Å². The van der Waals surface area contributed by atoms with Gasteiger partial charge < -0.3 is 5.73 Å². The molecule has 1 saturated carbocycles. The quantitative estimate of drug-likeness (QED) is 0.843. The van der Waals surface area contributed by atoms with E-state index in [1.165, 1.54) is 5.69 Å². The minimum absolute atomic E-state index is 0.311. The molecule has 0 spiro atoms. The third-order valence-electron chi connectivity index (χ3n) is 3.61. The number of nitrogens with zero attached hydrogens (tertiary/aromatic N) is 2. The molecule has 0 aromatic carbocycles. The summed E-state index contributed by atoms with van der Waals surface area (Å²) in [4.78, 5) is 0. The lowest BCUT2D eigenvalue weighted by molar-refractivity contribution is 0.450. The third-order valence-corrected chi connectivity index (χ3v) is 3.90. The standard InChI is InChI=1S/C11H18ClN3/c1-3-15-11(9(12)6-14-15)8-4-5-10(13)7(8)2/h6-8,10H,3-5,13H2,1-2H3. The number of nitrogens with two attached hydrogens (primary N) is 1. The Kier molecular flexibility index (Phi) is 3.03. The number of hydrogen-bond donors (Lipinski definition) is 1. The third kappa shape index (κ3) is 1.79. The molecule has 0 radical (unpaired) electrons. The van der Waals surface area contributed by atoms with Gasteiger partial charge in [-0.05, 0) is 25.7 Å². The van der Waals surface area contributed by atoms with Gasteiger partial charge in [-0.2, -0.15) is 5.10 Å². The number of aromatic nitrogens is 2. The van der Waals surface area contributed by atoms with Gasteiger partial charge in [0.1, 0.15) is 0 Å². The maximum atomic E-state index is 6.19. The molecule has 2 N–H and O–H groups in total. The second kappa shape index (κ2) is 4.14. The van der Waals surface area contributed by atoms with Crippen LogP contribution in [-0.2, 0) is 6.54 Å². The van der Waals surface area contributed by atoms with Gasteiger partial charge in [0.05, 0.1) is 16.9 Å². The van der Waals surface area contributed by atoms with Gasteiger partial charge in [-0.1, -0.05) is 18.5 Å². The Morgan fingerprint density at radius 1 is 1.60 bits per heavy atom. The first-order chi connectivity index (χ1) is 7.15. The smallest absolute Gasteiger partial charge is 0.0820 e. The van der Waals surface area contributed by atoms with Crippen molar-refractivity contribution >= 4 is 11.6 Å². The molecule has 0 bridgehead atoms. The molecule has 1 aromatic rings. The van der Waals surface area contributed by atoms with E-state index in [2.05, 4.69) is 18.9 Å². The Morgan fingerprint density at radius 2 is 2.33 bits per heavy atom. The highest BCUT2D eigenvalue weighted by molar-refractivity contribution is 6.31. The molecule has 0 aliphatic heterocycles. The van der Waals surface area contributed by atoms with Crippen molar-refractivity contribution in [1.29, 1.82) is 0 Å². The Balaban J connectivity index is 2.32. The zero-order valence-electron chi connectivity index (χ0n) is 9.28. The molecule has 3 unspecified atom stereocenters. The summed E-state index contributed by atoms with van der Waals surface area (Å²) < 4.78 is 2.00. The van der Waals surface area contributed by atoms with E-state index < -0.39 is 0 Å². The molecule has 3 atom stereocenters. The summed E-state index contributed by atoms with van der Waals surface area (Å²) >= 11 is 6.19. The second-order valence-corrected chi connectivity index (χ2v) is 4.81. The van der Waals surface area contributed by atoms with Crippen LogP contribution >= 0.6 is 11.6 Å². The lowest BCUT2D eigenvalue weighted by Crippen LogP contribution is -2.25. The summed E-state index contributed by atoms with van der Waals surface area (Å²) in [5.74, 6) is 0.986. The van der Waals surface area contributed by atoms with Crippen molar-refractivity contribution in [1.82, 2.24) is 9.78 Å². The Bertz CT molecular complexity index is 348. The van der Waals surface area contributed by atoms with E-state index in [0.29, 0.717) is 17.9 Å². The van der Waals surface area contributed by atoms with E-state index in [9.17, 15) is 0 Å². The number of hydrogen-bond acceptors (Lipinski definition) is 2. The van der Waals surface area contributed by atoms with Gasteiger partial charge in [0.25, 0.3) is 0 Å². The summed E-state index contributed by atoms with van der Waals surface area (Å²) in [6.45, 7) is 5.18. The lowest BCUT2D eigenvalue weighted by Gasteiger charge is -2.19. The molecule has 0 saturated heterocycles. The first-order valence-corrected chi connectivity index (χ1v) is 5.99. The van der Waals surface area contributed by atoms with Gasteiger partial charge >= 0.3 is 0 Å². The van der Waals surface area contributed by atoms with Crippen molar-refractivity contribution in [2.75, 3.05) is 0 Å². The van der Waals surface area contributed by atoms with Crippen LogP contribution in [0.4, 0.5) is 0 Å². The minimum atomic E-state index is 0.311. The van der Waals surface area contributed by atoms with Gasteiger partial charge in [0.15, 0.2) is 0 Å². The summed E-state index contributed by atoms with van der Waals surface area (Å²) in [6.07, 6.45) is 3.97. The van der Waals surface area contributed by atoms with Gasteiger partial charge in [-0.3, -0.25) is 4.68 Å². The van der Waals surface area contributed by atoms with Crippen LogP contribution in [0.1, 0.15) is 38.3 Å². The fraction of sp³-hybridized carbons (Fsp3) is 0.727. The average Bonchev–Trinajstić information content (AvgIpc) is 2.73. The first kappa shape index (κ1) is 11.0. The molecular formula is C11H18ClN3. The van der Waals surface area contributed by atoms with Crippen LogP contribution in [0, 0.1) is 5.92 Å². The van der Waals surface area contributed by atoms with Crippen molar-refractivity contribution in [2.45, 2.75) is 45.2 Å². The monoisotopic (exact) mass is 227 g/mol. The molecular weight excluding hydrogens is 210 g/mol. The summed E-state index contributed by atoms with van der Waals surface area (Å²) in [7, 11) is 0. The maximum absolute atomic E-state index is 6.19. The van der Waals surface area contributed by atoms with E-state index in [0.717, 1.165) is 24.4 Å². The molecule has 1 aromatic heterocycles. The molecule has 1 aliphatic rings. The number of halogens is 1. The van der Waals surface area contributed by atoms with Crippen LogP contribution in [0.5, 0.6) is 0 Å². The summed E-state index contributed by atoms with van der Waals surface area (Å²) in [5.41, 5.74) is 7.22. The van der Waals surface area contributed by atoms with Gasteiger partial charge in [-0.25, -0.2) is 0 Å². The molecule has 84 valence electrons. The molecule has 0 amide bonds. The van der Waals surface area contributed by atoms with E-state index >= 15 is 0 Å². The fourth-order valence-electron chi connectivity index (χ4n) is 2.57. The number of rotatable bonds is 2. The molecule has 1 aliphatic carbocycles. The van der Waals surface area contributed by atoms with Gasteiger partial charge in [-0.15, -0.1) is 0 Å². The predicted molar refractivity (Wildman–Crippen MR) is 62.0 cm³/mol. The van der Waals surface area contributed by atoms with E-state index in [-0.39, 0.29) is 0 Å². The average molecular weight is 228 g/mol. The van der Waals surface area contributed by atoms with Crippen molar-refractivity contribution in [3.05, 3.63) is 16.9 Å². The highest BCUT2D eigenvalue weighted by Crippen LogP contribution is 2.41. The summed E-state index contributed by atoms with van der Waals surface area (Å²) in [6, 6.07) is 0.311. The van der Waals surface area contributed by atoms with Crippen LogP contribution in [-0.4, -0.2) is 15.8 Å². The Labute approximate surface area is 95.6 Å². The van der Waals surface area contributed by atoms with E-state index in [1.807, 2.05) is 4.68 Å². The van der Waals surface area contributed by atoms with Crippen molar-refractivity contribution in [2.24, 2.45) is 11.7 Å². The topological polar surface area (TPSA) is 43.8 Å². The largest absolute Gasteiger partial charge is 0.327 e. The van der Waals surface area contributed by atoms with E-state index in [4.69, 9.17) is 17.3 Å². The normalized spacial score (nSPS) is 31.1. The van der Waals surface area contributed by atoms with E-state index in [1.54, 1.807) is 6.20 Å². The van der Waals surface area contributed by atoms with Crippen LogP contribution in [0.15, 0.2) is 6.20 Å². The number of aryl methyl sites for hydroxylation is 1. The Morgan fingerprint density at radius 3 is 2.87 bits per heavy atom. The fourth-order valence-corrected chi connectivity index (χ4v) is 2.86. The molecule has 3 nitrogen and oxygen atoms in total. The molecule has 1 heterocycles. The van der Waals surface area contributed by atoms with Gasteiger partial charge in [0.2, 0.25) is 0 Å². The minimum Gasteiger partial charge on any atom is -0.327 e. The molecule has 4 heteroatoms. The zero-order chi connectivity index (χ0) is 11.0. The van der Waals surface area contributed by atoms with Crippen molar-refractivity contribution in [3.8, 4) is 0 Å². The van der Waals surface area contributed by atoms with Crippen molar-refractivity contribution < 1.29 is 0 Å². The maximum Gasteiger partial charge on any atom is 0.0820 e. The van der Waals surface area contributed by atoms with Crippen molar-refractivity contribution in [3.63, 3.8) is 0 Å². The molecule has 15 heavy (non-hydrogen) atoms. The summed E-state index contributed by atoms with van der Waals surface area (Å²) in [5, 5.41) is 5.08. The molecule has 1 fully saturated rings. The highest BCUT2D eigenvalue weighted by atomic mass is 35.5. The SMILES string of the molecule is CCn1ncc(Cl)c1C1CCC(N)C1C.